The van der Waals surface area contributed by atoms with Crippen LogP contribution in [-0.2, 0) is 13.2 Å². The highest BCUT2D eigenvalue weighted by molar-refractivity contribution is 6.03. The fraction of sp³-hybridized carbons (Fsp3) is 0.125. The number of fused-ring (bicyclic) bond motifs is 1. The second-order valence-electron chi connectivity index (χ2n) is 7.09. The number of amides is 1. The van der Waals surface area contributed by atoms with Gasteiger partial charge in [0.25, 0.3) is 5.91 Å². The molecule has 5 rings (SSSR count). The maximum Gasteiger partial charge on any atom is 0.270 e. The van der Waals surface area contributed by atoms with Gasteiger partial charge < -0.3 is 10.1 Å². The van der Waals surface area contributed by atoms with E-state index in [-0.39, 0.29) is 5.91 Å². The van der Waals surface area contributed by atoms with Crippen LogP contribution in [0.25, 0.3) is 22.4 Å². The average molecular weight is 396 g/mol. The first kappa shape index (κ1) is 18.1. The second kappa shape index (κ2) is 7.83. The third-order valence-electron chi connectivity index (χ3n) is 5.12. The van der Waals surface area contributed by atoms with E-state index >= 15 is 0 Å². The van der Waals surface area contributed by atoms with E-state index < -0.39 is 0 Å². The molecule has 0 atom stereocenters. The Bertz CT molecular complexity index is 1170. The zero-order valence-electron chi connectivity index (χ0n) is 16.3. The normalized spacial score (nSPS) is 12.9. The SMILES string of the molecule is O=C1NCCn2nc(-c3ccncc3)c(-c3ccc(OCc4ccccc4)cc3)c21. The molecule has 0 unspecified atom stereocenters. The van der Waals surface area contributed by atoms with Gasteiger partial charge in [-0.3, -0.25) is 14.5 Å². The Labute approximate surface area is 174 Å². The molecule has 0 bridgehead atoms. The van der Waals surface area contributed by atoms with E-state index in [2.05, 4.69) is 10.3 Å². The smallest absolute Gasteiger partial charge is 0.270 e. The number of pyridine rings is 1. The van der Waals surface area contributed by atoms with Crippen molar-refractivity contribution in [3.8, 4) is 28.1 Å². The van der Waals surface area contributed by atoms with E-state index in [1.54, 1.807) is 17.1 Å². The minimum absolute atomic E-state index is 0.103. The first-order valence-electron chi connectivity index (χ1n) is 9.86. The van der Waals surface area contributed by atoms with Crippen molar-refractivity contribution in [2.75, 3.05) is 6.54 Å². The van der Waals surface area contributed by atoms with Crippen LogP contribution >= 0.6 is 0 Å². The van der Waals surface area contributed by atoms with Crippen molar-refractivity contribution in [1.29, 1.82) is 0 Å². The monoisotopic (exact) mass is 396 g/mol. The van der Waals surface area contributed by atoms with Crippen molar-refractivity contribution in [2.45, 2.75) is 13.2 Å². The molecule has 0 spiro atoms. The first-order valence-corrected chi connectivity index (χ1v) is 9.86. The van der Waals surface area contributed by atoms with Crippen LogP contribution in [0.2, 0.25) is 0 Å². The predicted molar refractivity (Wildman–Crippen MR) is 114 cm³/mol. The van der Waals surface area contributed by atoms with Gasteiger partial charge in [0.05, 0.1) is 6.54 Å². The van der Waals surface area contributed by atoms with Crippen molar-refractivity contribution >= 4 is 5.91 Å². The predicted octanol–water partition coefficient (Wildman–Crippen LogP) is 3.93. The minimum Gasteiger partial charge on any atom is -0.489 e. The summed E-state index contributed by atoms with van der Waals surface area (Å²) in [4.78, 5) is 16.7. The van der Waals surface area contributed by atoms with Crippen LogP contribution in [0.15, 0.2) is 79.1 Å². The van der Waals surface area contributed by atoms with E-state index in [0.29, 0.717) is 25.4 Å². The van der Waals surface area contributed by atoms with Gasteiger partial charge in [0.15, 0.2) is 0 Å². The lowest BCUT2D eigenvalue weighted by Crippen LogP contribution is -2.35. The van der Waals surface area contributed by atoms with Crippen LogP contribution < -0.4 is 10.1 Å². The van der Waals surface area contributed by atoms with Gasteiger partial charge in [-0.05, 0) is 35.4 Å². The van der Waals surface area contributed by atoms with Gasteiger partial charge >= 0.3 is 0 Å². The molecule has 0 saturated heterocycles. The lowest BCUT2D eigenvalue weighted by molar-refractivity contribution is 0.0925. The zero-order valence-corrected chi connectivity index (χ0v) is 16.3. The highest BCUT2D eigenvalue weighted by atomic mass is 16.5. The van der Waals surface area contributed by atoms with Crippen molar-refractivity contribution < 1.29 is 9.53 Å². The van der Waals surface area contributed by atoms with E-state index in [0.717, 1.165) is 33.7 Å². The number of hydrogen-bond donors (Lipinski definition) is 1. The number of carbonyl (C=O) groups excluding carboxylic acids is 1. The molecule has 6 nitrogen and oxygen atoms in total. The summed E-state index contributed by atoms with van der Waals surface area (Å²) in [6.07, 6.45) is 3.47. The molecule has 148 valence electrons. The number of hydrogen-bond acceptors (Lipinski definition) is 4. The molecule has 0 radical (unpaired) electrons. The molecule has 0 aliphatic carbocycles. The van der Waals surface area contributed by atoms with Crippen molar-refractivity contribution in [2.24, 2.45) is 0 Å². The maximum atomic E-state index is 12.6. The van der Waals surface area contributed by atoms with Crippen LogP contribution in [0.4, 0.5) is 0 Å². The van der Waals surface area contributed by atoms with Gasteiger partial charge in [0.1, 0.15) is 23.7 Å². The summed E-state index contributed by atoms with van der Waals surface area (Å²) in [6.45, 7) is 1.74. The van der Waals surface area contributed by atoms with Crippen molar-refractivity contribution in [1.82, 2.24) is 20.1 Å². The molecule has 2 aromatic heterocycles. The topological polar surface area (TPSA) is 69.0 Å². The Morgan fingerprint density at radius 2 is 1.70 bits per heavy atom. The second-order valence-corrected chi connectivity index (χ2v) is 7.09. The third kappa shape index (κ3) is 3.43. The molecular formula is C24H20N4O2. The Hall–Kier alpha value is -3.93. The van der Waals surface area contributed by atoms with Crippen LogP contribution in [0.3, 0.4) is 0 Å². The largest absolute Gasteiger partial charge is 0.489 e. The molecule has 0 fully saturated rings. The molecule has 3 heterocycles. The van der Waals surface area contributed by atoms with Crippen molar-refractivity contribution in [3.63, 3.8) is 0 Å². The summed E-state index contributed by atoms with van der Waals surface area (Å²) in [6, 6.07) is 21.7. The summed E-state index contributed by atoms with van der Waals surface area (Å²) < 4.78 is 7.70. The molecule has 30 heavy (non-hydrogen) atoms. The molecule has 1 amide bonds. The van der Waals surface area contributed by atoms with Gasteiger partial charge in [-0.1, -0.05) is 42.5 Å². The molecule has 1 N–H and O–H groups in total. The molecule has 2 aromatic carbocycles. The third-order valence-corrected chi connectivity index (χ3v) is 5.12. The Balaban J connectivity index is 1.50. The number of nitrogens with zero attached hydrogens (tertiary/aromatic N) is 3. The lowest BCUT2D eigenvalue weighted by atomic mass is 9.98. The Morgan fingerprint density at radius 3 is 2.47 bits per heavy atom. The fourth-order valence-electron chi connectivity index (χ4n) is 3.66. The number of aromatic nitrogens is 3. The van der Waals surface area contributed by atoms with E-state index in [9.17, 15) is 4.79 Å². The average Bonchev–Trinajstić information content (AvgIpc) is 3.20. The lowest BCUT2D eigenvalue weighted by Gasteiger charge is -2.15. The van der Waals surface area contributed by atoms with Gasteiger partial charge in [0, 0.05) is 30.1 Å². The molecular weight excluding hydrogens is 376 g/mol. The van der Waals surface area contributed by atoms with E-state index in [4.69, 9.17) is 9.84 Å². The summed E-state index contributed by atoms with van der Waals surface area (Å²) >= 11 is 0. The fourth-order valence-corrected chi connectivity index (χ4v) is 3.66. The summed E-state index contributed by atoms with van der Waals surface area (Å²) in [5.74, 6) is 0.673. The number of nitrogens with one attached hydrogen (secondary N) is 1. The Kier molecular flexibility index (Phi) is 4.73. The summed E-state index contributed by atoms with van der Waals surface area (Å²) in [7, 11) is 0. The molecule has 0 saturated carbocycles. The quantitative estimate of drug-likeness (QED) is 0.555. The number of benzene rings is 2. The van der Waals surface area contributed by atoms with Gasteiger partial charge in [-0.15, -0.1) is 0 Å². The molecule has 1 aliphatic rings. The number of rotatable bonds is 5. The zero-order chi connectivity index (χ0) is 20.3. The highest BCUT2D eigenvalue weighted by Crippen LogP contribution is 2.36. The van der Waals surface area contributed by atoms with Gasteiger partial charge in [-0.2, -0.15) is 5.10 Å². The first-order chi connectivity index (χ1) is 14.8. The standard InChI is InChI=1S/C24H20N4O2/c29-24-23-21(22(19-10-12-25-13-11-19)27-28(23)15-14-26-24)18-6-8-20(9-7-18)30-16-17-4-2-1-3-5-17/h1-13H,14-16H2,(H,26,29). The van der Waals surface area contributed by atoms with E-state index in [1.807, 2.05) is 66.7 Å². The number of ether oxygens (including phenoxy) is 1. The van der Waals surface area contributed by atoms with Crippen LogP contribution in [0, 0.1) is 0 Å². The van der Waals surface area contributed by atoms with Gasteiger partial charge in [-0.25, -0.2) is 0 Å². The molecule has 4 aromatic rings. The van der Waals surface area contributed by atoms with Crippen LogP contribution in [-0.4, -0.2) is 27.2 Å². The number of carbonyl (C=O) groups is 1. The summed E-state index contributed by atoms with van der Waals surface area (Å²) in [5, 5.41) is 7.67. The minimum atomic E-state index is -0.103. The van der Waals surface area contributed by atoms with Crippen LogP contribution in [0.1, 0.15) is 16.1 Å². The Morgan fingerprint density at radius 1 is 0.933 bits per heavy atom. The van der Waals surface area contributed by atoms with Crippen molar-refractivity contribution in [3.05, 3.63) is 90.4 Å². The molecule has 1 aliphatic heterocycles. The summed E-state index contributed by atoms with van der Waals surface area (Å²) in [5.41, 5.74) is 5.16. The van der Waals surface area contributed by atoms with Crippen LogP contribution in [0.5, 0.6) is 5.75 Å². The van der Waals surface area contributed by atoms with Gasteiger partial charge in [0.2, 0.25) is 0 Å². The maximum absolute atomic E-state index is 12.6. The van der Waals surface area contributed by atoms with E-state index in [1.165, 1.54) is 0 Å². The molecule has 6 heteroatoms. The highest BCUT2D eigenvalue weighted by Gasteiger charge is 2.27.